The number of aliphatic hydroxyl groups is 1. The standard InChI is InChI=1S/C18H36N2O2S/c1-15-10-16(12-18(2,3)11-15)22-14-17(23)13-20-6-4-19(5-7-20)8-9-21/h15-17,21,23H,4-14H2,1-3H3/t15-,16-,17-/m0/s1. The highest BCUT2D eigenvalue weighted by atomic mass is 32.1. The second-order valence-electron chi connectivity index (χ2n) is 8.39. The van der Waals surface area contributed by atoms with E-state index >= 15 is 0 Å². The number of hydrogen-bond acceptors (Lipinski definition) is 5. The topological polar surface area (TPSA) is 35.9 Å². The molecule has 0 bridgehead atoms. The molecule has 1 aliphatic carbocycles. The molecule has 23 heavy (non-hydrogen) atoms. The van der Waals surface area contributed by atoms with E-state index in [0.29, 0.717) is 16.8 Å². The van der Waals surface area contributed by atoms with Crippen LogP contribution in [-0.4, -0.2) is 78.7 Å². The molecule has 0 radical (unpaired) electrons. The van der Waals surface area contributed by atoms with Crippen molar-refractivity contribution in [1.29, 1.82) is 0 Å². The van der Waals surface area contributed by atoms with Crippen LogP contribution in [0.3, 0.4) is 0 Å². The number of nitrogens with zero attached hydrogens (tertiary/aromatic N) is 2. The average Bonchev–Trinajstić information content (AvgIpc) is 2.45. The Kier molecular flexibility index (Phi) is 7.67. The van der Waals surface area contributed by atoms with Crippen LogP contribution in [-0.2, 0) is 4.74 Å². The monoisotopic (exact) mass is 344 g/mol. The van der Waals surface area contributed by atoms with Crippen molar-refractivity contribution in [2.24, 2.45) is 11.3 Å². The summed E-state index contributed by atoms with van der Waals surface area (Å²) >= 11 is 4.75. The van der Waals surface area contributed by atoms with E-state index in [0.717, 1.165) is 51.8 Å². The number of rotatable bonds is 7. The summed E-state index contributed by atoms with van der Waals surface area (Å²) in [5.74, 6) is 0.765. The molecule has 0 unspecified atom stereocenters. The number of β-amino-alcohol motifs (C(OH)–C–C–N with tert-alkyl or cyclic N) is 1. The predicted octanol–water partition coefficient (Wildman–Crippen LogP) is 2.13. The van der Waals surface area contributed by atoms with E-state index in [1.165, 1.54) is 19.3 Å². The molecule has 2 aliphatic rings. The normalized spacial score (nSPS) is 31.2. The second kappa shape index (κ2) is 9.04. The Morgan fingerprint density at radius 3 is 2.43 bits per heavy atom. The number of ether oxygens (including phenoxy) is 1. The van der Waals surface area contributed by atoms with Crippen LogP contribution >= 0.6 is 12.6 Å². The lowest BCUT2D eigenvalue weighted by Crippen LogP contribution is -2.49. The maximum Gasteiger partial charge on any atom is 0.0598 e. The molecule has 0 aromatic rings. The van der Waals surface area contributed by atoms with E-state index in [-0.39, 0.29) is 6.61 Å². The number of hydrogen-bond donors (Lipinski definition) is 2. The van der Waals surface area contributed by atoms with Gasteiger partial charge in [0.05, 0.1) is 19.3 Å². The Labute approximate surface area is 148 Å². The molecular formula is C18H36N2O2S. The largest absolute Gasteiger partial charge is 0.395 e. The minimum Gasteiger partial charge on any atom is -0.395 e. The fraction of sp³-hybridized carbons (Fsp3) is 1.00. The van der Waals surface area contributed by atoms with Gasteiger partial charge in [-0.15, -0.1) is 0 Å². The quantitative estimate of drug-likeness (QED) is 0.694. The van der Waals surface area contributed by atoms with Crippen LogP contribution < -0.4 is 0 Å². The summed E-state index contributed by atoms with van der Waals surface area (Å²) in [6.07, 6.45) is 4.10. The van der Waals surface area contributed by atoms with Gasteiger partial charge in [-0.3, -0.25) is 9.80 Å². The molecule has 0 amide bonds. The van der Waals surface area contributed by atoms with E-state index in [9.17, 15) is 0 Å². The van der Waals surface area contributed by atoms with Gasteiger partial charge in [-0.1, -0.05) is 20.8 Å². The molecule has 0 spiro atoms. The molecule has 2 fully saturated rings. The lowest BCUT2D eigenvalue weighted by molar-refractivity contribution is -0.0244. The molecule has 136 valence electrons. The molecule has 0 aromatic heterocycles. The van der Waals surface area contributed by atoms with Crippen LogP contribution in [0.5, 0.6) is 0 Å². The van der Waals surface area contributed by atoms with Crippen molar-refractivity contribution in [1.82, 2.24) is 9.80 Å². The summed E-state index contributed by atoms with van der Waals surface area (Å²) in [5.41, 5.74) is 0.414. The van der Waals surface area contributed by atoms with Gasteiger partial charge in [-0.05, 0) is 30.6 Å². The van der Waals surface area contributed by atoms with E-state index < -0.39 is 0 Å². The fourth-order valence-electron chi connectivity index (χ4n) is 4.32. The third-order valence-corrected chi connectivity index (χ3v) is 5.53. The maximum atomic E-state index is 9.00. The summed E-state index contributed by atoms with van der Waals surface area (Å²) in [6.45, 7) is 14.2. The van der Waals surface area contributed by atoms with Gasteiger partial charge in [0.2, 0.25) is 0 Å². The first-order valence-corrected chi connectivity index (χ1v) is 9.75. The van der Waals surface area contributed by atoms with Crippen LogP contribution in [0.1, 0.15) is 40.0 Å². The van der Waals surface area contributed by atoms with Crippen molar-refractivity contribution < 1.29 is 9.84 Å². The van der Waals surface area contributed by atoms with Gasteiger partial charge in [0.15, 0.2) is 0 Å². The number of piperazine rings is 1. The van der Waals surface area contributed by atoms with Crippen molar-refractivity contribution in [2.75, 3.05) is 52.5 Å². The van der Waals surface area contributed by atoms with Crippen molar-refractivity contribution in [3.05, 3.63) is 0 Å². The van der Waals surface area contributed by atoms with Gasteiger partial charge in [-0.25, -0.2) is 0 Å². The molecular weight excluding hydrogens is 308 g/mol. The van der Waals surface area contributed by atoms with Crippen molar-refractivity contribution in [2.45, 2.75) is 51.4 Å². The molecule has 1 saturated heterocycles. The zero-order valence-electron chi connectivity index (χ0n) is 15.2. The summed E-state index contributed by atoms with van der Waals surface area (Å²) in [6, 6.07) is 0. The lowest BCUT2D eigenvalue weighted by Gasteiger charge is -2.39. The Bertz CT molecular complexity index is 346. The molecule has 1 aliphatic heterocycles. The molecule has 2 rings (SSSR count). The van der Waals surface area contributed by atoms with Crippen LogP contribution in [0, 0.1) is 11.3 Å². The molecule has 1 saturated carbocycles. The Balaban J connectivity index is 1.64. The van der Waals surface area contributed by atoms with E-state index in [4.69, 9.17) is 22.5 Å². The first-order valence-electron chi connectivity index (χ1n) is 9.23. The van der Waals surface area contributed by atoms with E-state index in [1.807, 2.05) is 0 Å². The highest BCUT2D eigenvalue weighted by Crippen LogP contribution is 2.39. The van der Waals surface area contributed by atoms with Crippen LogP contribution in [0.4, 0.5) is 0 Å². The average molecular weight is 345 g/mol. The van der Waals surface area contributed by atoms with Gasteiger partial charge in [0.25, 0.3) is 0 Å². The first-order chi connectivity index (χ1) is 10.9. The predicted molar refractivity (Wildman–Crippen MR) is 99.3 cm³/mol. The number of aliphatic hydroxyl groups excluding tert-OH is 1. The smallest absolute Gasteiger partial charge is 0.0598 e. The van der Waals surface area contributed by atoms with Crippen LogP contribution in [0.25, 0.3) is 0 Å². The van der Waals surface area contributed by atoms with Crippen LogP contribution in [0.15, 0.2) is 0 Å². The molecule has 1 N–H and O–H groups in total. The molecule has 0 aromatic carbocycles. The summed E-state index contributed by atoms with van der Waals surface area (Å²) in [7, 11) is 0. The highest BCUT2D eigenvalue weighted by Gasteiger charge is 2.32. The van der Waals surface area contributed by atoms with E-state index in [1.54, 1.807) is 0 Å². The third kappa shape index (κ3) is 6.91. The minimum absolute atomic E-state index is 0.263. The Morgan fingerprint density at radius 2 is 1.83 bits per heavy atom. The van der Waals surface area contributed by atoms with Gasteiger partial charge in [0, 0.05) is 44.5 Å². The maximum absolute atomic E-state index is 9.00. The highest BCUT2D eigenvalue weighted by molar-refractivity contribution is 7.81. The Morgan fingerprint density at radius 1 is 1.17 bits per heavy atom. The molecule has 1 heterocycles. The van der Waals surface area contributed by atoms with Crippen molar-refractivity contribution in [3.63, 3.8) is 0 Å². The zero-order chi connectivity index (χ0) is 16.9. The van der Waals surface area contributed by atoms with Crippen molar-refractivity contribution in [3.8, 4) is 0 Å². The van der Waals surface area contributed by atoms with Crippen molar-refractivity contribution >= 4 is 12.6 Å². The summed E-state index contributed by atoms with van der Waals surface area (Å²) in [5, 5.41) is 9.29. The first kappa shape index (κ1) is 19.5. The lowest BCUT2D eigenvalue weighted by atomic mass is 9.71. The zero-order valence-corrected chi connectivity index (χ0v) is 16.1. The van der Waals surface area contributed by atoms with Gasteiger partial charge >= 0.3 is 0 Å². The minimum atomic E-state index is 0.263. The van der Waals surface area contributed by atoms with Gasteiger partial charge in [0.1, 0.15) is 0 Å². The second-order valence-corrected chi connectivity index (χ2v) is 9.12. The molecule has 4 nitrogen and oxygen atoms in total. The third-order valence-electron chi connectivity index (χ3n) is 5.22. The summed E-state index contributed by atoms with van der Waals surface area (Å²) < 4.78 is 6.21. The van der Waals surface area contributed by atoms with E-state index in [2.05, 4.69) is 30.6 Å². The number of thiol groups is 1. The van der Waals surface area contributed by atoms with Crippen LogP contribution in [0.2, 0.25) is 0 Å². The SMILES string of the molecule is C[C@H]1C[C@H](OC[C@@H](S)CN2CCN(CCO)CC2)CC(C)(C)C1. The Hall–Kier alpha value is 0.190. The van der Waals surface area contributed by atoms with Gasteiger partial charge < -0.3 is 9.84 Å². The van der Waals surface area contributed by atoms with Gasteiger partial charge in [-0.2, -0.15) is 12.6 Å². The fourth-order valence-corrected chi connectivity index (χ4v) is 4.64. The molecule has 5 heteroatoms. The summed E-state index contributed by atoms with van der Waals surface area (Å²) in [4.78, 5) is 4.80. The molecule has 3 atom stereocenters.